The normalized spacial score (nSPS) is 12.6. The van der Waals surface area contributed by atoms with Crippen LogP contribution in [0.15, 0.2) is 12.1 Å². The van der Waals surface area contributed by atoms with Gasteiger partial charge in [0.05, 0.1) is 0 Å². The van der Waals surface area contributed by atoms with Crippen LogP contribution in [0.1, 0.15) is 24.8 Å². The number of fused-ring (bicyclic) bond motifs is 1. The van der Waals surface area contributed by atoms with E-state index >= 15 is 0 Å². The number of hydrogen-bond acceptors (Lipinski definition) is 5. The van der Waals surface area contributed by atoms with Gasteiger partial charge < -0.3 is 25.6 Å². The van der Waals surface area contributed by atoms with E-state index in [0.717, 1.165) is 24.9 Å². The van der Waals surface area contributed by atoms with E-state index in [-0.39, 0.29) is 18.4 Å². The van der Waals surface area contributed by atoms with Gasteiger partial charge in [0.2, 0.25) is 12.7 Å². The highest BCUT2D eigenvalue weighted by Crippen LogP contribution is 2.37. The van der Waals surface area contributed by atoms with Crippen LogP contribution in [-0.2, 0) is 11.3 Å². The van der Waals surface area contributed by atoms with Gasteiger partial charge in [-0.2, -0.15) is 0 Å². The van der Waals surface area contributed by atoms with E-state index in [0.29, 0.717) is 24.5 Å². The first-order valence-electron chi connectivity index (χ1n) is 6.27. The van der Waals surface area contributed by atoms with Crippen molar-refractivity contribution < 1.29 is 19.4 Å². The summed E-state index contributed by atoms with van der Waals surface area (Å²) >= 11 is 0. The van der Waals surface area contributed by atoms with E-state index in [4.69, 9.17) is 15.2 Å². The zero-order chi connectivity index (χ0) is 13.7. The maximum absolute atomic E-state index is 10.5. The molecule has 6 heteroatoms. The van der Waals surface area contributed by atoms with Gasteiger partial charge in [-0.3, -0.25) is 4.79 Å². The molecule has 1 heterocycles. The Kier molecular flexibility index (Phi) is 4.46. The number of unbranched alkanes of at least 4 members (excludes halogenated alkanes) is 1. The molecule has 6 nitrogen and oxygen atoms in total. The molecule has 0 fully saturated rings. The lowest BCUT2D eigenvalue weighted by atomic mass is 10.1. The van der Waals surface area contributed by atoms with E-state index in [1.165, 1.54) is 0 Å². The van der Waals surface area contributed by atoms with Crippen LogP contribution in [0.25, 0.3) is 0 Å². The molecular formula is C13H18N2O4. The minimum absolute atomic E-state index is 0.189. The number of aromatic hydroxyl groups is 1. The van der Waals surface area contributed by atoms with Gasteiger partial charge in [0.15, 0.2) is 11.5 Å². The van der Waals surface area contributed by atoms with Gasteiger partial charge in [-0.1, -0.05) is 0 Å². The second kappa shape index (κ2) is 6.29. The summed E-state index contributed by atoms with van der Waals surface area (Å²) < 4.78 is 10.4. The van der Waals surface area contributed by atoms with E-state index < -0.39 is 0 Å². The number of carbonyl (C=O) groups excluding carboxylic acids is 1. The fraction of sp³-hybridized carbons (Fsp3) is 0.462. The summed E-state index contributed by atoms with van der Waals surface area (Å²) in [5.74, 6) is 1.15. The van der Waals surface area contributed by atoms with Crippen LogP contribution in [-0.4, -0.2) is 24.4 Å². The molecule has 0 unspecified atom stereocenters. The molecule has 0 spiro atoms. The van der Waals surface area contributed by atoms with Crippen LogP contribution < -0.4 is 20.5 Å². The van der Waals surface area contributed by atoms with Crippen molar-refractivity contribution in [3.8, 4) is 17.2 Å². The molecule has 1 amide bonds. The first-order valence-corrected chi connectivity index (χ1v) is 6.27. The number of benzene rings is 1. The Morgan fingerprint density at radius 3 is 2.79 bits per heavy atom. The van der Waals surface area contributed by atoms with Gasteiger partial charge >= 0.3 is 0 Å². The summed E-state index contributed by atoms with van der Waals surface area (Å²) in [5.41, 5.74) is 5.82. The predicted molar refractivity (Wildman–Crippen MR) is 69.0 cm³/mol. The number of ether oxygens (including phenoxy) is 2. The quantitative estimate of drug-likeness (QED) is 0.636. The maximum atomic E-state index is 10.5. The number of phenols is 1. The number of nitrogens with two attached hydrogens (primary N) is 1. The third-order valence-electron chi connectivity index (χ3n) is 2.92. The molecule has 0 atom stereocenters. The summed E-state index contributed by atoms with van der Waals surface area (Å²) in [6.45, 7) is 1.50. The SMILES string of the molecule is NC(=O)CCCCNCc1cc2c(cc1O)OCO2. The van der Waals surface area contributed by atoms with E-state index in [9.17, 15) is 9.90 Å². The van der Waals surface area contributed by atoms with Crippen molar-refractivity contribution in [2.24, 2.45) is 5.73 Å². The van der Waals surface area contributed by atoms with E-state index in [1.54, 1.807) is 12.1 Å². The molecule has 0 bridgehead atoms. The molecule has 2 rings (SSSR count). The molecule has 0 saturated carbocycles. The van der Waals surface area contributed by atoms with Crippen LogP contribution in [0, 0.1) is 0 Å². The third-order valence-corrected chi connectivity index (χ3v) is 2.92. The second-order valence-electron chi connectivity index (χ2n) is 4.43. The number of phenolic OH excluding ortho intramolecular Hbond substituents is 1. The summed E-state index contributed by atoms with van der Waals surface area (Å²) in [6.07, 6.45) is 2.06. The zero-order valence-corrected chi connectivity index (χ0v) is 10.6. The Bertz CT molecular complexity index is 462. The van der Waals surface area contributed by atoms with Crippen molar-refractivity contribution in [1.29, 1.82) is 0 Å². The summed E-state index contributed by atoms with van der Waals surface area (Å²) in [6, 6.07) is 3.33. The summed E-state index contributed by atoms with van der Waals surface area (Å²) in [4.78, 5) is 10.5. The highest BCUT2D eigenvalue weighted by Gasteiger charge is 2.16. The van der Waals surface area contributed by atoms with Gasteiger partial charge in [0, 0.05) is 24.6 Å². The molecule has 4 N–H and O–H groups in total. The highest BCUT2D eigenvalue weighted by atomic mass is 16.7. The molecule has 104 valence electrons. The maximum Gasteiger partial charge on any atom is 0.231 e. The average molecular weight is 266 g/mol. The molecule has 1 aliphatic rings. The van der Waals surface area contributed by atoms with Crippen molar-refractivity contribution in [3.05, 3.63) is 17.7 Å². The number of primary amides is 1. The van der Waals surface area contributed by atoms with Crippen molar-refractivity contribution in [2.45, 2.75) is 25.8 Å². The van der Waals surface area contributed by atoms with Gasteiger partial charge in [-0.25, -0.2) is 0 Å². The fourth-order valence-corrected chi connectivity index (χ4v) is 1.89. The average Bonchev–Trinajstić information content (AvgIpc) is 2.80. The topological polar surface area (TPSA) is 93.8 Å². The molecule has 0 radical (unpaired) electrons. The number of carbonyl (C=O) groups is 1. The number of hydrogen-bond donors (Lipinski definition) is 3. The Morgan fingerprint density at radius 1 is 1.32 bits per heavy atom. The van der Waals surface area contributed by atoms with Crippen LogP contribution in [0.3, 0.4) is 0 Å². The standard InChI is InChI=1S/C13H18N2O4/c14-13(17)3-1-2-4-15-7-9-5-11-12(6-10(9)16)19-8-18-11/h5-6,15-16H,1-4,7-8H2,(H2,14,17). The molecule has 1 aromatic carbocycles. The van der Waals surface area contributed by atoms with Crippen molar-refractivity contribution in [2.75, 3.05) is 13.3 Å². The highest BCUT2D eigenvalue weighted by molar-refractivity contribution is 5.73. The van der Waals surface area contributed by atoms with Crippen molar-refractivity contribution in [3.63, 3.8) is 0 Å². The van der Waals surface area contributed by atoms with Crippen molar-refractivity contribution in [1.82, 2.24) is 5.32 Å². The smallest absolute Gasteiger partial charge is 0.231 e. The van der Waals surface area contributed by atoms with Gasteiger partial charge in [-0.05, 0) is 25.5 Å². The van der Waals surface area contributed by atoms with Crippen molar-refractivity contribution >= 4 is 5.91 Å². The molecule has 0 saturated heterocycles. The summed E-state index contributed by atoms with van der Waals surface area (Å²) in [5, 5.41) is 13.0. The van der Waals surface area contributed by atoms with E-state index in [2.05, 4.69) is 5.32 Å². The molecular weight excluding hydrogens is 248 g/mol. The lowest BCUT2D eigenvalue weighted by Crippen LogP contribution is -2.16. The van der Waals surface area contributed by atoms with Crippen LogP contribution in [0.4, 0.5) is 0 Å². The molecule has 1 aliphatic heterocycles. The number of amides is 1. The Balaban J connectivity index is 1.75. The van der Waals surface area contributed by atoms with Gasteiger partial charge in [-0.15, -0.1) is 0 Å². The lowest BCUT2D eigenvalue weighted by Gasteiger charge is -2.08. The fourth-order valence-electron chi connectivity index (χ4n) is 1.89. The third kappa shape index (κ3) is 3.75. The summed E-state index contributed by atoms with van der Waals surface area (Å²) in [7, 11) is 0. The number of rotatable bonds is 7. The molecule has 19 heavy (non-hydrogen) atoms. The first kappa shape index (κ1) is 13.5. The Morgan fingerprint density at radius 2 is 2.05 bits per heavy atom. The van der Waals surface area contributed by atoms with Gasteiger partial charge in [0.25, 0.3) is 0 Å². The Hall–Kier alpha value is -1.95. The zero-order valence-electron chi connectivity index (χ0n) is 10.6. The van der Waals surface area contributed by atoms with Crippen LogP contribution in [0.2, 0.25) is 0 Å². The predicted octanol–water partition coefficient (Wildman–Crippen LogP) is 0.866. The largest absolute Gasteiger partial charge is 0.507 e. The minimum atomic E-state index is -0.270. The lowest BCUT2D eigenvalue weighted by molar-refractivity contribution is -0.118. The van der Waals surface area contributed by atoms with Crippen LogP contribution >= 0.6 is 0 Å². The minimum Gasteiger partial charge on any atom is -0.507 e. The van der Waals surface area contributed by atoms with Gasteiger partial charge in [0.1, 0.15) is 5.75 Å². The number of nitrogens with one attached hydrogen (secondary N) is 1. The van der Waals surface area contributed by atoms with Crippen LogP contribution in [0.5, 0.6) is 17.2 Å². The molecule has 0 aliphatic carbocycles. The monoisotopic (exact) mass is 266 g/mol. The molecule has 1 aromatic rings. The first-order chi connectivity index (χ1) is 9.16. The second-order valence-corrected chi connectivity index (χ2v) is 4.43. The van der Waals surface area contributed by atoms with E-state index in [1.807, 2.05) is 0 Å². The Labute approximate surface area is 111 Å². The molecule has 0 aromatic heterocycles.